The van der Waals surface area contributed by atoms with E-state index in [1.165, 1.54) is 11.3 Å². The maximum Gasteiger partial charge on any atom is 0.137 e. The van der Waals surface area contributed by atoms with Crippen LogP contribution in [0.4, 0.5) is 0 Å². The van der Waals surface area contributed by atoms with Crippen molar-refractivity contribution in [1.82, 2.24) is 9.78 Å². The zero-order valence-electron chi connectivity index (χ0n) is 8.84. The standard InChI is InChI=1S/C11H16N2O/c1-3-10-9-7-8(14)5-6-11(9)13(4-2)12-10/h3-7H2,1-2H3. The summed E-state index contributed by atoms with van der Waals surface area (Å²) < 4.78 is 2.06. The lowest BCUT2D eigenvalue weighted by Gasteiger charge is -2.12. The molecule has 1 heterocycles. The van der Waals surface area contributed by atoms with Crippen LogP contribution in [0, 0.1) is 0 Å². The van der Waals surface area contributed by atoms with Gasteiger partial charge in [-0.3, -0.25) is 9.48 Å². The van der Waals surface area contributed by atoms with Gasteiger partial charge in [-0.05, 0) is 19.8 Å². The van der Waals surface area contributed by atoms with Crippen molar-refractivity contribution in [3.05, 3.63) is 17.0 Å². The molecule has 1 aliphatic carbocycles. The van der Waals surface area contributed by atoms with Gasteiger partial charge in [-0.1, -0.05) is 6.92 Å². The summed E-state index contributed by atoms with van der Waals surface area (Å²) in [5.41, 5.74) is 3.63. The predicted octanol–water partition coefficient (Wildman–Crippen LogP) is 1.52. The highest BCUT2D eigenvalue weighted by atomic mass is 16.1. The fourth-order valence-electron chi connectivity index (χ4n) is 2.16. The number of carbonyl (C=O) groups excluding carboxylic acids is 1. The van der Waals surface area contributed by atoms with E-state index in [1.807, 2.05) is 0 Å². The molecule has 0 saturated carbocycles. The van der Waals surface area contributed by atoms with Crippen LogP contribution in [0.5, 0.6) is 0 Å². The third kappa shape index (κ3) is 1.37. The Kier molecular flexibility index (Phi) is 2.40. The van der Waals surface area contributed by atoms with Crippen molar-refractivity contribution in [2.24, 2.45) is 0 Å². The summed E-state index contributed by atoms with van der Waals surface area (Å²) in [5.74, 6) is 0.364. The Bertz CT molecular complexity index is 366. The van der Waals surface area contributed by atoms with Crippen LogP contribution in [-0.2, 0) is 30.6 Å². The first-order valence-electron chi connectivity index (χ1n) is 5.35. The summed E-state index contributed by atoms with van der Waals surface area (Å²) in [7, 11) is 0. The van der Waals surface area contributed by atoms with Crippen molar-refractivity contribution in [3.8, 4) is 0 Å². The molecule has 0 unspecified atom stereocenters. The number of aryl methyl sites for hydroxylation is 2. The van der Waals surface area contributed by atoms with Crippen molar-refractivity contribution in [1.29, 1.82) is 0 Å². The Hall–Kier alpha value is -1.12. The maximum absolute atomic E-state index is 11.4. The first kappa shape index (κ1) is 9.44. The Labute approximate surface area is 84.1 Å². The number of hydrogen-bond acceptors (Lipinski definition) is 2. The van der Waals surface area contributed by atoms with Gasteiger partial charge >= 0.3 is 0 Å². The van der Waals surface area contributed by atoms with E-state index in [4.69, 9.17) is 0 Å². The van der Waals surface area contributed by atoms with Crippen LogP contribution in [-0.4, -0.2) is 15.6 Å². The number of carbonyl (C=O) groups is 1. The number of nitrogens with zero attached hydrogens (tertiary/aromatic N) is 2. The van der Waals surface area contributed by atoms with Crippen LogP contribution in [0.2, 0.25) is 0 Å². The third-order valence-corrected chi connectivity index (χ3v) is 2.90. The molecule has 0 atom stereocenters. The van der Waals surface area contributed by atoms with Crippen molar-refractivity contribution < 1.29 is 4.79 Å². The molecule has 0 aliphatic heterocycles. The Morgan fingerprint density at radius 1 is 1.36 bits per heavy atom. The second-order valence-corrected chi connectivity index (χ2v) is 3.76. The van der Waals surface area contributed by atoms with E-state index in [9.17, 15) is 4.79 Å². The van der Waals surface area contributed by atoms with Crippen molar-refractivity contribution >= 4 is 5.78 Å². The molecule has 0 spiro atoms. The SMILES string of the molecule is CCc1nn(CC)c2c1CC(=O)CC2. The summed E-state index contributed by atoms with van der Waals surface area (Å²) in [6.07, 6.45) is 3.12. The van der Waals surface area contributed by atoms with Gasteiger partial charge in [-0.15, -0.1) is 0 Å². The van der Waals surface area contributed by atoms with Gasteiger partial charge in [0.15, 0.2) is 0 Å². The molecule has 0 fully saturated rings. The number of ketones is 1. The van der Waals surface area contributed by atoms with Crippen LogP contribution in [0.3, 0.4) is 0 Å². The molecule has 0 aromatic carbocycles. The quantitative estimate of drug-likeness (QED) is 0.712. The fourth-order valence-corrected chi connectivity index (χ4v) is 2.16. The maximum atomic E-state index is 11.4. The molecular formula is C11H16N2O. The van der Waals surface area contributed by atoms with E-state index >= 15 is 0 Å². The van der Waals surface area contributed by atoms with Gasteiger partial charge in [0, 0.05) is 30.6 Å². The lowest BCUT2D eigenvalue weighted by atomic mass is 9.94. The summed E-state index contributed by atoms with van der Waals surface area (Å²) >= 11 is 0. The van der Waals surface area contributed by atoms with Crippen LogP contribution in [0.15, 0.2) is 0 Å². The molecule has 0 saturated heterocycles. The summed E-state index contributed by atoms with van der Waals surface area (Å²) in [6.45, 7) is 5.11. The minimum Gasteiger partial charge on any atom is -0.299 e. The van der Waals surface area contributed by atoms with Gasteiger partial charge in [0.1, 0.15) is 5.78 Å². The van der Waals surface area contributed by atoms with Crippen molar-refractivity contribution in [2.75, 3.05) is 0 Å². The molecule has 2 rings (SSSR count). The number of fused-ring (bicyclic) bond motifs is 1. The van der Waals surface area contributed by atoms with Crippen molar-refractivity contribution in [2.45, 2.75) is 46.1 Å². The topological polar surface area (TPSA) is 34.9 Å². The molecule has 3 nitrogen and oxygen atoms in total. The molecule has 3 heteroatoms. The molecule has 1 aromatic rings. The fraction of sp³-hybridized carbons (Fsp3) is 0.636. The normalized spacial score (nSPS) is 15.7. The second kappa shape index (κ2) is 3.56. The van der Waals surface area contributed by atoms with E-state index in [1.54, 1.807) is 0 Å². The third-order valence-electron chi connectivity index (χ3n) is 2.90. The second-order valence-electron chi connectivity index (χ2n) is 3.76. The predicted molar refractivity (Wildman–Crippen MR) is 54.3 cm³/mol. The number of hydrogen-bond donors (Lipinski definition) is 0. The molecule has 14 heavy (non-hydrogen) atoms. The van der Waals surface area contributed by atoms with Crippen LogP contribution < -0.4 is 0 Å². The summed E-state index contributed by atoms with van der Waals surface area (Å²) in [6, 6.07) is 0. The van der Waals surface area contributed by atoms with E-state index in [0.29, 0.717) is 18.6 Å². The Morgan fingerprint density at radius 2 is 2.14 bits per heavy atom. The van der Waals surface area contributed by atoms with Crippen molar-refractivity contribution in [3.63, 3.8) is 0 Å². The molecule has 0 amide bonds. The highest BCUT2D eigenvalue weighted by Crippen LogP contribution is 2.23. The molecule has 1 aromatic heterocycles. The minimum atomic E-state index is 0.364. The average molecular weight is 192 g/mol. The zero-order valence-corrected chi connectivity index (χ0v) is 8.84. The molecule has 1 aliphatic rings. The van der Waals surface area contributed by atoms with E-state index < -0.39 is 0 Å². The van der Waals surface area contributed by atoms with Crippen LogP contribution >= 0.6 is 0 Å². The van der Waals surface area contributed by atoms with Crippen LogP contribution in [0.1, 0.15) is 37.2 Å². The highest BCUT2D eigenvalue weighted by Gasteiger charge is 2.23. The molecule has 0 N–H and O–H groups in total. The first-order valence-corrected chi connectivity index (χ1v) is 5.35. The Morgan fingerprint density at radius 3 is 2.79 bits per heavy atom. The smallest absolute Gasteiger partial charge is 0.137 e. The summed E-state index contributed by atoms with van der Waals surface area (Å²) in [5, 5.41) is 4.53. The largest absolute Gasteiger partial charge is 0.299 e. The molecule has 0 bridgehead atoms. The molecule has 76 valence electrons. The molecular weight excluding hydrogens is 176 g/mol. The first-order chi connectivity index (χ1) is 6.76. The monoisotopic (exact) mass is 192 g/mol. The lowest BCUT2D eigenvalue weighted by Crippen LogP contribution is -2.15. The lowest BCUT2D eigenvalue weighted by molar-refractivity contribution is -0.118. The number of Topliss-reactive ketones (excluding diaryl/α,β-unsaturated/α-hetero) is 1. The van der Waals surface area contributed by atoms with Crippen LogP contribution in [0.25, 0.3) is 0 Å². The highest BCUT2D eigenvalue weighted by molar-refractivity contribution is 5.83. The van der Waals surface area contributed by atoms with Gasteiger partial charge in [0.05, 0.1) is 5.69 Å². The molecule has 0 radical (unpaired) electrons. The van der Waals surface area contributed by atoms with Gasteiger partial charge in [-0.25, -0.2) is 0 Å². The number of aromatic nitrogens is 2. The average Bonchev–Trinajstić information content (AvgIpc) is 2.55. The van der Waals surface area contributed by atoms with E-state index in [2.05, 4.69) is 23.6 Å². The zero-order chi connectivity index (χ0) is 10.1. The van der Waals surface area contributed by atoms with Gasteiger partial charge in [0.2, 0.25) is 0 Å². The number of rotatable bonds is 2. The van der Waals surface area contributed by atoms with E-state index in [-0.39, 0.29) is 0 Å². The minimum absolute atomic E-state index is 0.364. The summed E-state index contributed by atoms with van der Waals surface area (Å²) in [4.78, 5) is 11.4. The van der Waals surface area contributed by atoms with Gasteiger partial charge in [-0.2, -0.15) is 5.10 Å². The Balaban J connectivity index is 2.47. The van der Waals surface area contributed by atoms with E-state index in [0.717, 1.165) is 25.1 Å². The van der Waals surface area contributed by atoms with Gasteiger partial charge < -0.3 is 0 Å². The van der Waals surface area contributed by atoms with Gasteiger partial charge in [0.25, 0.3) is 0 Å².